The molecule has 2 atom stereocenters. The molecule has 0 heterocycles. The highest BCUT2D eigenvalue weighted by Crippen LogP contribution is 2.43. The number of benzene rings is 3. The summed E-state index contributed by atoms with van der Waals surface area (Å²) in [6.07, 6.45) is -0.953. The number of amides is 2. The van der Waals surface area contributed by atoms with Gasteiger partial charge in [0, 0.05) is 34.6 Å². The van der Waals surface area contributed by atoms with Gasteiger partial charge in [-0.3, -0.25) is 0 Å². The van der Waals surface area contributed by atoms with Gasteiger partial charge in [-0.05, 0) is 45.7 Å². The summed E-state index contributed by atoms with van der Waals surface area (Å²) in [7, 11) is 0. The van der Waals surface area contributed by atoms with Crippen molar-refractivity contribution in [2.75, 3.05) is 26.3 Å². The average Bonchev–Trinajstić information content (AvgIpc) is 2.85. The van der Waals surface area contributed by atoms with E-state index < -0.39 is 24.4 Å². The maximum atomic E-state index is 11.8. The highest BCUT2D eigenvalue weighted by molar-refractivity contribution is 6.11. The summed E-state index contributed by atoms with van der Waals surface area (Å²) in [4.78, 5) is 23.6. The van der Waals surface area contributed by atoms with Crippen LogP contribution in [0.25, 0.3) is 21.5 Å². The van der Waals surface area contributed by atoms with Crippen molar-refractivity contribution in [3.05, 3.63) is 48.0 Å². The van der Waals surface area contributed by atoms with Crippen molar-refractivity contribution >= 4 is 33.7 Å². The summed E-state index contributed by atoms with van der Waals surface area (Å²) in [5.41, 5.74) is 1.16. The van der Waals surface area contributed by atoms with Crippen molar-refractivity contribution in [1.29, 1.82) is 0 Å². The van der Waals surface area contributed by atoms with Crippen LogP contribution in [-0.4, -0.2) is 50.7 Å². The van der Waals surface area contributed by atoms with Crippen molar-refractivity contribution in [1.82, 2.24) is 10.6 Å². The zero-order valence-corrected chi connectivity index (χ0v) is 21.7. The van der Waals surface area contributed by atoms with Crippen molar-refractivity contribution in [3.63, 3.8) is 0 Å². The predicted molar refractivity (Wildman–Crippen MR) is 141 cm³/mol. The van der Waals surface area contributed by atoms with Crippen molar-refractivity contribution in [2.45, 2.75) is 53.2 Å². The third-order valence-corrected chi connectivity index (χ3v) is 5.58. The van der Waals surface area contributed by atoms with E-state index in [0.717, 1.165) is 33.5 Å². The number of hydrogen-bond acceptors (Lipinski definition) is 6. The standard InChI is InChI=1S/C28H36N2O6/c1-6-20-13-14-23-24(15-20)26(34-17-19(5)36-28(32)30-8-3)22-12-10-9-11-21(22)25(23)33-16-18(4)35-27(31)29-7-2/h9-15,18-19H,6-8,16-17H2,1-5H3,(H,29,31)(H,30,32). The van der Waals surface area contributed by atoms with E-state index in [9.17, 15) is 9.59 Å². The van der Waals surface area contributed by atoms with Crippen LogP contribution >= 0.6 is 0 Å². The van der Waals surface area contributed by atoms with Gasteiger partial charge in [0.1, 0.15) is 36.9 Å². The van der Waals surface area contributed by atoms with E-state index in [1.807, 2.05) is 44.2 Å². The summed E-state index contributed by atoms with van der Waals surface area (Å²) < 4.78 is 23.3. The van der Waals surface area contributed by atoms with Crippen LogP contribution in [-0.2, 0) is 15.9 Å². The van der Waals surface area contributed by atoms with Crippen molar-refractivity contribution < 1.29 is 28.5 Å². The van der Waals surface area contributed by atoms with E-state index in [2.05, 4.69) is 29.7 Å². The molecule has 3 rings (SSSR count). The van der Waals surface area contributed by atoms with Gasteiger partial charge in [0.15, 0.2) is 0 Å². The van der Waals surface area contributed by atoms with E-state index in [1.165, 1.54) is 0 Å². The van der Waals surface area contributed by atoms with Gasteiger partial charge in [-0.1, -0.05) is 43.3 Å². The van der Waals surface area contributed by atoms with E-state index >= 15 is 0 Å². The maximum Gasteiger partial charge on any atom is 0.407 e. The molecule has 0 bridgehead atoms. The molecule has 0 saturated heterocycles. The monoisotopic (exact) mass is 496 g/mol. The molecule has 0 aliphatic carbocycles. The zero-order valence-electron chi connectivity index (χ0n) is 21.7. The zero-order chi connectivity index (χ0) is 26.1. The summed E-state index contributed by atoms with van der Waals surface area (Å²) in [5, 5.41) is 8.82. The summed E-state index contributed by atoms with van der Waals surface area (Å²) in [6.45, 7) is 10.7. The molecule has 3 aromatic rings. The van der Waals surface area contributed by atoms with Crippen LogP contribution in [0.5, 0.6) is 11.5 Å². The van der Waals surface area contributed by atoms with E-state index in [4.69, 9.17) is 18.9 Å². The quantitative estimate of drug-likeness (QED) is 0.337. The van der Waals surface area contributed by atoms with E-state index in [1.54, 1.807) is 13.8 Å². The lowest BCUT2D eigenvalue weighted by Crippen LogP contribution is -2.30. The fourth-order valence-electron chi connectivity index (χ4n) is 3.88. The second-order valence-electron chi connectivity index (χ2n) is 8.55. The Morgan fingerprint density at radius 1 is 0.722 bits per heavy atom. The van der Waals surface area contributed by atoms with Crippen LogP contribution in [0.15, 0.2) is 42.5 Å². The maximum absolute atomic E-state index is 11.8. The van der Waals surface area contributed by atoms with Gasteiger partial charge >= 0.3 is 12.2 Å². The van der Waals surface area contributed by atoms with E-state index in [-0.39, 0.29) is 13.2 Å². The third-order valence-electron chi connectivity index (χ3n) is 5.58. The summed E-state index contributed by atoms with van der Waals surface area (Å²) >= 11 is 0. The highest BCUT2D eigenvalue weighted by Gasteiger charge is 2.19. The molecule has 2 amide bonds. The fourth-order valence-corrected chi connectivity index (χ4v) is 3.88. The minimum Gasteiger partial charge on any atom is -0.488 e. The first kappa shape index (κ1) is 26.9. The van der Waals surface area contributed by atoms with E-state index in [0.29, 0.717) is 24.6 Å². The Morgan fingerprint density at radius 3 is 1.67 bits per heavy atom. The highest BCUT2D eigenvalue weighted by atomic mass is 16.6. The molecule has 36 heavy (non-hydrogen) atoms. The lowest BCUT2D eigenvalue weighted by atomic mass is 9.98. The molecular formula is C28H36N2O6. The lowest BCUT2D eigenvalue weighted by molar-refractivity contribution is 0.0755. The second kappa shape index (κ2) is 12.9. The van der Waals surface area contributed by atoms with Gasteiger partial charge in [-0.15, -0.1) is 0 Å². The third kappa shape index (κ3) is 6.71. The molecule has 8 heteroatoms. The van der Waals surface area contributed by atoms with Crippen LogP contribution in [0.2, 0.25) is 0 Å². The largest absolute Gasteiger partial charge is 0.488 e. The van der Waals surface area contributed by atoms with Crippen LogP contribution in [0.3, 0.4) is 0 Å². The fraction of sp³-hybridized carbons (Fsp3) is 0.429. The number of hydrogen-bond donors (Lipinski definition) is 2. The molecule has 3 aromatic carbocycles. The molecule has 8 nitrogen and oxygen atoms in total. The Kier molecular flexibility index (Phi) is 9.61. The predicted octanol–water partition coefficient (Wildman–Crippen LogP) is 5.58. The topological polar surface area (TPSA) is 95.1 Å². The lowest BCUT2D eigenvalue weighted by Gasteiger charge is -2.21. The second-order valence-corrected chi connectivity index (χ2v) is 8.55. The first-order valence-electron chi connectivity index (χ1n) is 12.5. The van der Waals surface area contributed by atoms with Crippen LogP contribution in [0, 0.1) is 0 Å². The molecule has 0 fully saturated rings. The summed E-state index contributed by atoms with van der Waals surface area (Å²) in [5.74, 6) is 1.41. The molecule has 0 spiro atoms. The number of fused-ring (bicyclic) bond motifs is 2. The molecule has 2 N–H and O–H groups in total. The minimum atomic E-state index is -0.469. The Labute approximate surface area is 212 Å². The Hall–Kier alpha value is -3.68. The van der Waals surface area contributed by atoms with Gasteiger partial charge in [-0.25, -0.2) is 9.59 Å². The SMILES string of the molecule is CCNC(=O)OC(C)COc1c2ccccc2c(OCC(C)OC(=O)NCC)c2cc(CC)ccc12. The first-order valence-corrected chi connectivity index (χ1v) is 12.5. The number of nitrogens with one attached hydrogen (secondary N) is 2. The smallest absolute Gasteiger partial charge is 0.407 e. The van der Waals surface area contributed by atoms with Gasteiger partial charge in [0.2, 0.25) is 0 Å². The average molecular weight is 497 g/mol. The normalized spacial score (nSPS) is 12.6. The molecular weight excluding hydrogens is 460 g/mol. The molecule has 0 radical (unpaired) electrons. The van der Waals surface area contributed by atoms with Crippen molar-refractivity contribution in [2.24, 2.45) is 0 Å². The number of rotatable bonds is 11. The van der Waals surface area contributed by atoms with Gasteiger partial charge in [-0.2, -0.15) is 0 Å². The Bertz CT molecular complexity index is 1200. The number of carbonyl (C=O) groups is 2. The molecule has 2 unspecified atom stereocenters. The van der Waals surface area contributed by atoms with Gasteiger partial charge < -0.3 is 29.6 Å². The van der Waals surface area contributed by atoms with Crippen LogP contribution in [0.1, 0.15) is 40.2 Å². The molecule has 194 valence electrons. The number of ether oxygens (including phenoxy) is 4. The Balaban J connectivity index is 1.97. The van der Waals surface area contributed by atoms with Crippen LogP contribution < -0.4 is 20.1 Å². The van der Waals surface area contributed by atoms with Gasteiger partial charge in [0.05, 0.1) is 0 Å². The molecule has 0 aromatic heterocycles. The minimum absolute atomic E-state index is 0.198. The van der Waals surface area contributed by atoms with Crippen molar-refractivity contribution in [3.8, 4) is 11.5 Å². The Morgan fingerprint density at radius 2 is 1.19 bits per heavy atom. The van der Waals surface area contributed by atoms with Gasteiger partial charge in [0.25, 0.3) is 0 Å². The number of aryl methyl sites for hydroxylation is 1. The number of carbonyl (C=O) groups excluding carboxylic acids is 2. The first-order chi connectivity index (χ1) is 17.4. The summed E-state index contributed by atoms with van der Waals surface area (Å²) in [6, 6.07) is 14.1. The molecule has 0 aliphatic rings. The molecule has 0 aliphatic heterocycles. The number of alkyl carbamates (subject to hydrolysis) is 2. The molecule has 0 saturated carbocycles. The van der Waals surface area contributed by atoms with Crippen LogP contribution in [0.4, 0.5) is 9.59 Å².